The molecule has 26 nitrogen and oxygen atoms in total. The van der Waals surface area contributed by atoms with Crippen molar-refractivity contribution in [3.05, 3.63) is 209 Å². The Labute approximate surface area is 670 Å². The van der Waals surface area contributed by atoms with Gasteiger partial charge >= 0.3 is 11.9 Å². The number of pyridine rings is 3. The molecule has 14 rings (SSSR count). The second-order valence-corrected chi connectivity index (χ2v) is 28.9. The zero-order valence-electron chi connectivity index (χ0n) is 65.9. The number of carboxylic acid groups (broad SMARTS) is 2. The molecule has 2 amide bonds. The lowest BCUT2D eigenvalue weighted by atomic mass is 9.97. The van der Waals surface area contributed by atoms with Crippen LogP contribution in [0.5, 0.6) is 17.6 Å². The summed E-state index contributed by atoms with van der Waals surface area (Å²) in [6.45, 7) is 13.8. The number of piperidine rings is 3. The van der Waals surface area contributed by atoms with Crippen molar-refractivity contribution >= 4 is 69.3 Å². The molecule has 3 aromatic heterocycles. The summed E-state index contributed by atoms with van der Waals surface area (Å²) in [6.07, 6.45) is 12.2. The second kappa shape index (κ2) is 43.8. The van der Waals surface area contributed by atoms with Gasteiger partial charge in [0.1, 0.15) is 41.5 Å². The van der Waals surface area contributed by atoms with Gasteiger partial charge in [-0.1, -0.05) is 30.3 Å². The monoisotopic (exact) mass is 1590 g/mol. The van der Waals surface area contributed by atoms with Crippen LogP contribution in [-0.4, -0.2) is 229 Å². The van der Waals surface area contributed by atoms with Crippen LogP contribution in [0.1, 0.15) is 99.1 Å². The molecular formula is C86H106F3N13O13. The number of halogens is 3. The number of Topliss-reactive ketones (excluding diaryl/α,β-unsaturated/α-hetero) is 1. The van der Waals surface area contributed by atoms with Gasteiger partial charge in [-0.15, -0.1) is 0 Å². The normalized spacial score (nSPS) is 16.0. The van der Waals surface area contributed by atoms with E-state index in [4.69, 9.17) is 50.1 Å². The van der Waals surface area contributed by atoms with Crippen molar-refractivity contribution in [2.24, 2.45) is 0 Å². The fourth-order valence-corrected chi connectivity index (χ4v) is 13.7. The zero-order chi connectivity index (χ0) is 81.6. The number of aliphatic carboxylic acids is 1. The van der Waals surface area contributed by atoms with E-state index < -0.39 is 29.4 Å². The molecule has 6 aliphatic heterocycles. The maximum atomic E-state index is 14.2. The van der Waals surface area contributed by atoms with E-state index in [0.29, 0.717) is 113 Å². The molecule has 0 bridgehead atoms. The number of morpholine rings is 3. The van der Waals surface area contributed by atoms with Gasteiger partial charge in [0.15, 0.2) is 0 Å². The second-order valence-electron chi connectivity index (χ2n) is 28.9. The molecule has 5 aromatic carbocycles. The third-order valence-corrected chi connectivity index (χ3v) is 20.3. The van der Waals surface area contributed by atoms with E-state index in [1.807, 2.05) is 129 Å². The van der Waals surface area contributed by atoms with Gasteiger partial charge < -0.3 is 89.7 Å². The van der Waals surface area contributed by atoms with Crippen LogP contribution in [0.25, 0.3) is 0 Å². The maximum absolute atomic E-state index is 14.2. The van der Waals surface area contributed by atoms with Crippen LogP contribution in [0.2, 0.25) is 0 Å². The fourth-order valence-electron chi connectivity index (χ4n) is 13.7. The smallest absolute Gasteiger partial charge is 0.337 e. The minimum absolute atomic E-state index is 0.0173. The minimum Gasteiger partial charge on any atom is -0.481 e. The van der Waals surface area contributed by atoms with Gasteiger partial charge in [0.25, 0.3) is 11.8 Å². The summed E-state index contributed by atoms with van der Waals surface area (Å²) < 4.78 is 74.6. The molecule has 0 unspecified atom stereocenters. The molecule has 614 valence electrons. The van der Waals surface area contributed by atoms with E-state index in [2.05, 4.69) is 35.0 Å². The van der Waals surface area contributed by atoms with Crippen LogP contribution >= 0.6 is 0 Å². The maximum Gasteiger partial charge on any atom is 0.337 e. The van der Waals surface area contributed by atoms with Gasteiger partial charge in [-0.3, -0.25) is 19.2 Å². The topological polar surface area (TPSA) is 307 Å². The van der Waals surface area contributed by atoms with Crippen molar-refractivity contribution in [3.8, 4) is 17.6 Å². The van der Waals surface area contributed by atoms with Crippen molar-refractivity contribution in [3.63, 3.8) is 0 Å². The van der Waals surface area contributed by atoms with Crippen molar-refractivity contribution in [2.75, 3.05) is 182 Å². The quantitative estimate of drug-likeness (QED) is 0.0394. The molecule has 7 N–H and O–H groups in total. The number of likely N-dealkylation sites (tertiary alicyclic amines) is 2. The Hall–Kier alpha value is -11.3. The number of hydrogen-bond donors (Lipinski definition) is 5. The molecule has 8 aromatic rings. The number of nitrogens with zero attached hydrogens (tertiary/aromatic N) is 10. The molecule has 0 spiro atoms. The highest BCUT2D eigenvalue weighted by molar-refractivity contribution is 5.99. The first-order valence-electron chi connectivity index (χ1n) is 39.1. The third kappa shape index (κ3) is 27.2. The number of aryl methyl sites for hydroxylation is 2. The van der Waals surface area contributed by atoms with E-state index >= 15 is 0 Å². The van der Waals surface area contributed by atoms with Crippen LogP contribution in [0.3, 0.4) is 0 Å². The number of aromatic carboxylic acids is 1. The molecule has 115 heavy (non-hydrogen) atoms. The first-order chi connectivity index (χ1) is 55.6. The van der Waals surface area contributed by atoms with E-state index in [1.54, 1.807) is 28.3 Å². The number of ketones is 1. The number of rotatable bonds is 22. The number of hydrogen-bond acceptors (Lipinski definition) is 22. The van der Waals surface area contributed by atoms with Gasteiger partial charge in [-0.2, -0.15) is 0 Å². The predicted molar refractivity (Wildman–Crippen MR) is 437 cm³/mol. The lowest BCUT2D eigenvalue weighted by Gasteiger charge is -2.33. The summed E-state index contributed by atoms with van der Waals surface area (Å²) >= 11 is 0. The van der Waals surface area contributed by atoms with Crippen LogP contribution < -0.4 is 55.5 Å². The summed E-state index contributed by atoms with van der Waals surface area (Å²) in [5.74, 6) is -2.08. The highest BCUT2D eigenvalue weighted by Gasteiger charge is 2.30. The number of aromatic nitrogens is 3. The molecule has 0 aliphatic carbocycles. The van der Waals surface area contributed by atoms with Gasteiger partial charge in [0, 0.05) is 221 Å². The van der Waals surface area contributed by atoms with E-state index in [0.717, 1.165) is 144 Å². The summed E-state index contributed by atoms with van der Waals surface area (Å²) in [5, 5.41) is 20.3. The summed E-state index contributed by atoms with van der Waals surface area (Å²) in [7, 11) is 7.93. The van der Waals surface area contributed by atoms with Crippen molar-refractivity contribution in [2.45, 2.75) is 88.9 Å². The zero-order valence-corrected chi connectivity index (χ0v) is 65.9. The van der Waals surface area contributed by atoms with Gasteiger partial charge in [-0.05, 0) is 146 Å². The largest absolute Gasteiger partial charge is 0.481 e. The Morgan fingerprint density at radius 3 is 1.19 bits per heavy atom. The number of nitrogens with two attached hydrogens (primary N) is 2. The summed E-state index contributed by atoms with van der Waals surface area (Å²) in [6, 6.07) is 39.2. The highest BCUT2D eigenvalue weighted by Crippen LogP contribution is 2.29. The van der Waals surface area contributed by atoms with Crippen LogP contribution in [0.15, 0.2) is 158 Å². The van der Waals surface area contributed by atoms with Crippen molar-refractivity contribution < 1.29 is 75.8 Å². The Morgan fingerprint density at radius 1 is 0.452 bits per heavy atom. The molecule has 6 aliphatic rings. The lowest BCUT2D eigenvalue weighted by Crippen LogP contribution is -2.42. The number of benzene rings is 5. The first-order valence-corrected chi connectivity index (χ1v) is 39.1. The molecule has 29 heteroatoms. The van der Waals surface area contributed by atoms with E-state index in [9.17, 15) is 37.1 Å². The minimum atomic E-state index is -1.22. The molecule has 9 heterocycles. The summed E-state index contributed by atoms with van der Waals surface area (Å²) in [5.41, 5.74) is 20.0. The average molecular weight is 1590 g/mol. The van der Waals surface area contributed by atoms with Gasteiger partial charge in [-0.25, -0.2) is 32.9 Å². The molecule has 6 fully saturated rings. The number of ether oxygens (including phenoxy) is 6. The van der Waals surface area contributed by atoms with Crippen LogP contribution in [0, 0.1) is 17.5 Å². The van der Waals surface area contributed by atoms with Gasteiger partial charge in [0.05, 0.1) is 50.8 Å². The molecular weight excluding hydrogens is 1480 g/mol. The molecule has 6 saturated heterocycles. The third-order valence-electron chi connectivity index (χ3n) is 20.3. The van der Waals surface area contributed by atoms with Gasteiger partial charge in [0.2, 0.25) is 17.6 Å². The average Bonchev–Trinajstić information content (AvgIpc) is 0.815. The number of anilines is 7. The molecule has 0 radical (unpaired) electrons. The molecule has 0 atom stereocenters. The fraction of sp³-hybridized carbons (Fsp3) is 0.419. The summed E-state index contributed by atoms with van der Waals surface area (Å²) in [4.78, 5) is 87.0. The standard InChI is InChI=1S/C33H39FN4O4.C21H25FN4O3.C14H21N3O2.C11H15NO2.C7H6FNO2/c1-36(2)27-8-3-24(4-9-27)5-10-29(39)21-25-6-7-26(34)22-31(25)33(40)38-15-12-30(13-16-38)42-32-23-28(11-14-35-32)37-17-19-41-20-18-37;22-15-1-2-19(23)18(13-15)21(27)26-7-4-17(5-8-26)29-20-14-16(3-6-24-20)25-9-11-28-12-10-25;1-6-16-14(19-13-2-4-15-5-3-13)11-12(1)17-7-9-18-10-8-17;1-12(2)10-6-3-9(4-7-10)5-8-11(13)14;8-4-1-2-6(9)5(3-4)7(10)11/h3-4,6-9,11,14,22-23,30H,5,10,12-13,15-21H2,1-2H3;1-3,6,13-14,17H,4-5,7-12,23H2;1,6,11,13,15H,2-5,7-10H2;3-4,6-7H,5,8H2,1-2H3,(H,13,14);1-3H,9H2,(H,10,11). The Balaban J connectivity index is 0.000000165. The number of nitrogens with one attached hydrogen (secondary N) is 1. The SMILES string of the molecule is CN(C)c1ccc(CCC(=O)Cc2ccc(F)cc2C(=O)N2CCC(Oc3cc(N4CCOCC4)ccn3)CC2)cc1.CN(C)c1ccc(CCC(=O)O)cc1.Nc1ccc(F)cc1C(=O)N1CCC(Oc2cc(N3CCOCC3)ccn2)CC1.Nc1ccc(F)cc1C(=O)O.c1cc(N2CCOCC2)cc(OC2CCNCC2)n1. The Morgan fingerprint density at radius 2 is 0.809 bits per heavy atom. The highest BCUT2D eigenvalue weighted by atomic mass is 19.1. The Kier molecular flexibility index (Phi) is 32.8. The number of amides is 2. The van der Waals surface area contributed by atoms with Crippen LogP contribution in [-0.2, 0) is 43.1 Å². The van der Waals surface area contributed by atoms with E-state index in [1.165, 1.54) is 42.1 Å². The first kappa shape index (κ1) is 86.1. The lowest BCUT2D eigenvalue weighted by molar-refractivity contribution is -0.137. The molecule has 0 saturated carbocycles. The van der Waals surface area contributed by atoms with Crippen molar-refractivity contribution in [1.29, 1.82) is 0 Å². The van der Waals surface area contributed by atoms with Crippen LogP contribution in [0.4, 0.5) is 53.0 Å². The number of nitrogen functional groups attached to an aromatic ring is 2. The predicted octanol–water partition coefficient (Wildman–Crippen LogP) is 10.8. The van der Waals surface area contributed by atoms with Crippen molar-refractivity contribution in [1.82, 2.24) is 30.1 Å². The van der Waals surface area contributed by atoms with E-state index in [-0.39, 0.29) is 65.0 Å². The number of carbonyl (C=O) groups is 5. The Bertz CT molecular complexity index is 4430. The number of carboxylic acids is 2. The number of carbonyl (C=O) groups excluding carboxylic acids is 3.